The minimum atomic E-state index is -1.12. The normalized spacial score (nSPS) is 16.4. The molecule has 8 heteroatoms. The third kappa shape index (κ3) is 3.93. The van der Waals surface area contributed by atoms with Gasteiger partial charge < -0.3 is 9.84 Å². The number of rotatable bonds is 5. The average molecular weight is 387 g/mol. The number of aliphatic carboxylic acids is 1. The summed E-state index contributed by atoms with van der Waals surface area (Å²) >= 11 is 6.12. The molecule has 138 valence electrons. The van der Waals surface area contributed by atoms with Gasteiger partial charge in [-0.25, -0.2) is 9.80 Å². The fourth-order valence-electron chi connectivity index (χ4n) is 2.43. The molecule has 0 saturated carbocycles. The third-order valence-corrected chi connectivity index (χ3v) is 4.12. The first-order valence-electron chi connectivity index (χ1n) is 7.98. The molecule has 1 aliphatic rings. The Kier molecular flexibility index (Phi) is 5.14. The Balaban J connectivity index is 1.84. The van der Waals surface area contributed by atoms with Crippen molar-refractivity contribution in [2.45, 2.75) is 13.0 Å². The minimum absolute atomic E-state index is 0.0394. The van der Waals surface area contributed by atoms with E-state index in [1.807, 2.05) is 0 Å². The van der Waals surface area contributed by atoms with Gasteiger partial charge in [-0.15, -0.1) is 0 Å². The van der Waals surface area contributed by atoms with E-state index in [1.165, 1.54) is 30.1 Å². The molecule has 1 aliphatic heterocycles. The molecule has 0 unspecified atom stereocenters. The van der Waals surface area contributed by atoms with E-state index in [2.05, 4.69) is 5.43 Å². The average Bonchev–Trinajstić information content (AvgIpc) is 2.92. The van der Waals surface area contributed by atoms with Crippen molar-refractivity contribution in [3.05, 3.63) is 64.7 Å². The second-order valence-corrected chi connectivity index (χ2v) is 6.17. The van der Waals surface area contributed by atoms with Crippen molar-refractivity contribution >= 4 is 41.1 Å². The largest absolute Gasteiger partial charge is 0.479 e. The number of carboxylic acid groups (broad SMARTS) is 1. The van der Waals surface area contributed by atoms with Crippen LogP contribution >= 0.6 is 11.6 Å². The molecule has 1 heterocycles. The van der Waals surface area contributed by atoms with Gasteiger partial charge in [0.15, 0.2) is 6.10 Å². The summed E-state index contributed by atoms with van der Waals surface area (Å²) < 4.78 is 5.24. The van der Waals surface area contributed by atoms with Gasteiger partial charge in [0.25, 0.3) is 11.8 Å². The zero-order valence-electron chi connectivity index (χ0n) is 14.2. The molecule has 2 N–H and O–H groups in total. The number of carboxylic acids is 1. The van der Waals surface area contributed by atoms with Crippen LogP contribution < -0.4 is 15.2 Å². The Hall–Kier alpha value is -3.32. The van der Waals surface area contributed by atoms with Crippen molar-refractivity contribution in [2.24, 2.45) is 0 Å². The third-order valence-electron chi connectivity index (χ3n) is 3.82. The number of halogens is 1. The number of carbonyl (C=O) groups excluding carboxylic acids is 2. The van der Waals surface area contributed by atoms with Crippen LogP contribution in [-0.4, -0.2) is 29.0 Å². The van der Waals surface area contributed by atoms with Crippen LogP contribution in [0.25, 0.3) is 6.08 Å². The van der Waals surface area contributed by atoms with Crippen molar-refractivity contribution < 1.29 is 24.2 Å². The highest BCUT2D eigenvalue weighted by molar-refractivity contribution is 6.33. The molecular weight excluding hydrogens is 372 g/mol. The van der Waals surface area contributed by atoms with Gasteiger partial charge in [-0.3, -0.25) is 15.0 Å². The minimum Gasteiger partial charge on any atom is -0.479 e. The van der Waals surface area contributed by atoms with E-state index in [1.54, 1.807) is 36.4 Å². The lowest BCUT2D eigenvalue weighted by molar-refractivity contribution is -0.144. The van der Waals surface area contributed by atoms with E-state index in [0.29, 0.717) is 11.3 Å². The van der Waals surface area contributed by atoms with Crippen LogP contribution in [-0.2, 0) is 14.4 Å². The first-order valence-corrected chi connectivity index (χ1v) is 8.36. The molecule has 1 fully saturated rings. The number of carbonyl (C=O) groups is 3. The number of hydrogen-bond acceptors (Lipinski definition) is 4. The van der Waals surface area contributed by atoms with Gasteiger partial charge in [0.1, 0.15) is 11.3 Å². The number of nitrogens with zero attached hydrogens (tertiary/aromatic N) is 1. The molecule has 2 amide bonds. The second kappa shape index (κ2) is 7.51. The quantitative estimate of drug-likeness (QED) is 0.608. The molecule has 1 saturated heterocycles. The predicted octanol–water partition coefficient (Wildman–Crippen LogP) is 2.65. The maximum atomic E-state index is 12.5. The molecule has 0 aromatic heterocycles. The summed E-state index contributed by atoms with van der Waals surface area (Å²) in [5.41, 5.74) is 3.52. The van der Waals surface area contributed by atoms with Crippen LogP contribution in [0.15, 0.2) is 54.1 Å². The summed E-state index contributed by atoms with van der Waals surface area (Å²) in [6.07, 6.45) is 0.352. The lowest BCUT2D eigenvalue weighted by atomic mass is 10.1. The number of benzene rings is 2. The summed E-state index contributed by atoms with van der Waals surface area (Å²) in [6, 6.07) is 13.3. The molecule has 1 atom stereocenters. The maximum absolute atomic E-state index is 12.5. The molecule has 7 nitrogen and oxygen atoms in total. The van der Waals surface area contributed by atoms with Crippen LogP contribution in [0, 0.1) is 0 Å². The molecule has 3 rings (SSSR count). The summed E-state index contributed by atoms with van der Waals surface area (Å²) in [6.45, 7) is 1.38. The predicted molar refractivity (Wildman–Crippen MR) is 99.2 cm³/mol. The van der Waals surface area contributed by atoms with Crippen molar-refractivity contribution in [3.8, 4) is 5.75 Å². The molecule has 0 radical (unpaired) electrons. The van der Waals surface area contributed by atoms with Crippen LogP contribution in [0.5, 0.6) is 5.75 Å². The number of ether oxygens (including phenoxy) is 1. The lowest BCUT2D eigenvalue weighted by Gasteiger charge is -2.14. The van der Waals surface area contributed by atoms with Crippen LogP contribution in [0.4, 0.5) is 5.69 Å². The maximum Gasteiger partial charge on any atom is 0.344 e. The standard InChI is InChI=1S/C19H15ClN2O5/c1-11(19(25)26)27-16-8-7-12(10-15(16)20)9-14-17(23)21-22(18(14)24)13-5-3-2-4-6-13/h2-11H,1H3,(H,21,23)(H,25,26)/b14-9-/t11-/m1/s1. The molecule has 0 bridgehead atoms. The molecule has 27 heavy (non-hydrogen) atoms. The number of anilines is 1. The lowest BCUT2D eigenvalue weighted by Crippen LogP contribution is -2.35. The SMILES string of the molecule is C[C@@H](Oc1ccc(/C=C2/C(=O)NN(c3ccccc3)C2=O)cc1Cl)C(=O)O. The van der Waals surface area contributed by atoms with Gasteiger partial charge >= 0.3 is 5.97 Å². The topological polar surface area (TPSA) is 95.9 Å². The van der Waals surface area contributed by atoms with E-state index >= 15 is 0 Å². The fraction of sp³-hybridized carbons (Fsp3) is 0.105. The van der Waals surface area contributed by atoms with Gasteiger partial charge in [0.2, 0.25) is 0 Å². The van der Waals surface area contributed by atoms with Gasteiger partial charge in [-0.1, -0.05) is 35.9 Å². The Morgan fingerprint density at radius 1 is 1.22 bits per heavy atom. The van der Waals surface area contributed by atoms with Crippen LogP contribution in [0.2, 0.25) is 5.02 Å². The zero-order chi connectivity index (χ0) is 19.6. The highest BCUT2D eigenvalue weighted by atomic mass is 35.5. The summed E-state index contributed by atoms with van der Waals surface area (Å²) in [4.78, 5) is 35.6. The molecule has 2 aromatic carbocycles. The highest BCUT2D eigenvalue weighted by Gasteiger charge is 2.34. The monoisotopic (exact) mass is 386 g/mol. The summed E-state index contributed by atoms with van der Waals surface area (Å²) in [5, 5.41) is 10.2. The smallest absolute Gasteiger partial charge is 0.344 e. The number of amides is 2. The second-order valence-electron chi connectivity index (χ2n) is 5.76. The number of nitrogens with one attached hydrogen (secondary N) is 1. The van der Waals surface area contributed by atoms with Crippen molar-refractivity contribution in [3.63, 3.8) is 0 Å². The van der Waals surface area contributed by atoms with Crippen molar-refractivity contribution in [1.82, 2.24) is 5.43 Å². The van der Waals surface area contributed by atoms with Crippen molar-refractivity contribution in [1.29, 1.82) is 0 Å². The fourth-order valence-corrected chi connectivity index (χ4v) is 2.66. The van der Waals surface area contributed by atoms with Crippen LogP contribution in [0.1, 0.15) is 12.5 Å². The van der Waals surface area contributed by atoms with E-state index in [-0.39, 0.29) is 16.3 Å². The van der Waals surface area contributed by atoms with Gasteiger partial charge in [-0.2, -0.15) is 0 Å². The van der Waals surface area contributed by atoms with E-state index < -0.39 is 23.9 Å². The van der Waals surface area contributed by atoms with E-state index in [0.717, 1.165) is 0 Å². The summed E-state index contributed by atoms with van der Waals surface area (Å²) in [7, 11) is 0. The van der Waals surface area contributed by atoms with Crippen molar-refractivity contribution in [2.75, 3.05) is 5.01 Å². The number of para-hydroxylation sites is 1. The zero-order valence-corrected chi connectivity index (χ0v) is 14.9. The Bertz CT molecular complexity index is 942. The number of hydrogen-bond donors (Lipinski definition) is 2. The Morgan fingerprint density at radius 3 is 2.56 bits per heavy atom. The number of hydrazine groups is 1. The van der Waals surface area contributed by atoms with Gasteiger partial charge in [0, 0.05) is 0 Å². The van der Waals surface area contributed by atoms with Crippen LogP contribution in [0.3, 0.4) is 0 Å². The van der Waals surface area contributed by atoms with Gasteiger partial charge in [0.05, 0.1) is 10.7 Å². The Morgan fingerprint density at radius 2 is 1.93 bits per heavy atom. The Labute approximate surface area is 159 Å². The first kappa shape index (κ1) is 18.5. The first-order chi connectivity index (χ1) is 12.9. The molecule has 0 aliphatic carbocycles. The summed E-state index contributed by atoms with van der Waals surface area (Å²) in [5.74, 6) is -1.93. The molecule has 0 spiro atoms. The van der Waals surface area contributed by atoms with E-state index in [4.69, 9.17) is 21.4 Å². The highest BCUT2D eigenvalue weighted by Crippen LogP contribution is 2.28. The van der Waals surface area contributed by atoms with E-state index in [9.17, 15) is 14.4 Å². The van der Waals surface area contributed by atoms with Gasteiger partial charge in [-0.05, 0) is 42.8 Å². The molecular formula is C19H15ClN2O5. The molecule has 2 aromatic rings.